The normalized spacial score (nSPS) is 19.0. The second kappa shape index (κ2) is 8.87. The maximum absolute atomic E-state index is 13.4. The van der Waals surface area contributed by atoms with Gasteiger partial charge in [-0.05, 0) is 76.1 Å². The molecule has 2 heterocycles. The lowest BCUT2D eigenvalue weighted by Crippen LogP contribution is -2.26. The highest BCUT2D eigenvalue weighted by atomic mass is 35.5. The molecule has 1 aromatic carbocycles. The van der Waals surface area contributed by atoms with E-state index in [1.54, 1.807) is 15.3 Å². The van der Waals surface area contributed by atoms with Crippen molar-refractivity contribution in [2.24, 2.45) is 5.92 Å². The largest absolute Gasteiger partial charge is 0.351 e. The third kappa shape index (κ3) is 4.40. The SMILES string of the molecule is Cc1cccc(-n2c(-c3ccnc(N[C@H]4CC[C@H](C)CC4)n3)c(Cl)n(C(C)C)c2=O)c1. The first-order valence-corrected chi connectivity index (χ1v) is 11.4. The number of hydrogen-bond acceptors (Lipinski definition) is 4. The van der Waals surface area contributed by atoms with E-state index in [0.717, 1.165) is 30.0 Å². The van der Waals surface area contributed by atoms with E-state index in [2.05, 4.69) is 17.2 Å². The van der Waals surface area contributed by atoms with Crippen LogP contribution in [0.3, 0.4) is 0 Å². The maximum Gasteiger partial charge on any atom is 0.334 e. The molecule has 31 heavy (non-hydrogen) atoms. The Bertz CT molecular complexity index is 1130. The Hall–Kier alpha value is -2.60. The van der Waals surface area contributed by atoms with Gasteiger partial charge in [0.25, 0.3) is 0 Å². The smallest absolute Gasteiger partial charge is 0.334 e. The molecule has 0 bridgehead atoms. The van der Waals surface area contributed by atoms with Crippen molar-refractivity contribution < 1.29 is 0 Å². The van der Waals surface area contributed by atoms with Gasteiger partial charge in [-0.1, -0.05) is 30.7 Å². The van der Waals surface area contributed by atoms with Gasteiger partial charge < -0.3 is 5.32 Å². The minimum absolute atomic E-state index is 0.0755. The van der Waals surface area contributed by atoms with Crippen LogP contribution in [-0.2, 0) is 0 Å². The highest BCUT2D eigenvalue weighted by Gasteiger charge is 2.24. The molecule has 0 spiro atoms. The van der Waals surface area contributed by atoms with Gasteiger partial charge in [0.1, 0.15) is 10.8 Å². The van der Waals surface area contributed by atoms with Crippen LogP contribution >= 0.6 is 11.6 Å². The summed E-state index contributed by atoms with van der Waals surface area (Å²) in [6.45, 7) is 8.22. The first-order chi connectivity index (χ1) is 14.8. The summed E-state index contributed by atoms with van der Waals surface area (Å²) in [6.07, 6.45) is 6.39. The fourth-order valence-electron chi connectivity index (χ4n) is 4.32. The van der Waals surface area contributed by atoms with Gasteiger partial charge in [-0.3, -0.25) is 9.13 Å². The van der Waals surface area contributed by atoms with Crippen molar-refractivity contribution in [3.8, 4) is 17.1 Å². The second-order valence-electron chi connectivity index (χ2n) is 8.93. The molecule has 1 fully saturated rings. The second-order valence-corrected chi connectivity index (χ2v) is 9.28. The fraction of sp³-hybridized carbons (Fsp3) is 0.458. The summed E-state index contributed by atoms with van der Waals surface area (Å²) in [5, 5.41) is 3.87. The number of halogens is 1. The average molecular weight is 440 g/mol. The van der Waals surface area contributed by atoms with Gasteiger partial charge in [-0.15, -0.1) is 0 Å². The summed E-state index contributed by atoms with van der Waals surface area (Å²) in [7, 11) is 0. The highest BCUT2D eigenvalue weighted by molar-refractivity contribution is 6.32. The summed E-state index contributed by atoms with van der Waals surface area (Å²) in [5.41, 5.74) is 2.89. The van der Waals surface area contributed by atoms with Gasteiger partial charge in [-0.2, -0.15) is 0 Å². The van der Waals surface area contributed by atoms with Crippen LogP contribution in [0, 0.1) is 12.8 Å². The zero-order valence-electron chi connectivity index (χ0n) is 18.6. The molecule has 0 unspecified atom stereocenters. The number of nitrogens with zero attached hydrogens (tertiary/aromatic N) is 4. The summed E-state index contributed by atoms with van der Waals surface area (Å²) in [6, 6.07) is 9.96. The molecule has 1 aliphatic carbocycles. The Morgan fingerprint density at radius 3 is 2.58 bits per heavy atom. The first-order valence-electron chi connectivity index (χ1n) is 11.0. The molecule has 3 aromatic rings. The predicted octanol–water partition coefficient (Wildman–Crippen LogP) is 5.63. The van der Waals surface area contributed by atoms with Crippen LogP contribution in [0.4, 0.5) is 5.95 Å². The maximum atomic E-state index is 13.4. The van der Waals surface area contributed by atoms with Crippen LogP contribution in [0.1, 0.15) is 58.1 Å². The van der Waals surface area contributed by atoms with Crippen molar-refractivity contribution in [2.45, 2.75) is 65.5 Å². The monoisotopic (exact) mass is 439 g/mol. The van der Waals surface area contributed by atoms with Gasteiger partial charge in [-0.25, -0.2) is 14.8 Å². The topological polar surface area (TPSA) is 64.7 Å². The molecule has 164 valence electrons. The van der Waals surface area contributed by atoms with Crippen molar-refractivity contribution in [2.75, 3.05) is 5.32 Å². The van der Waals surface area contributed by atoms with Crippen LogP contribution in [0.15, 0.2) is 41.3 Å². The molecular formula is C24H30ClN5O. The Kier molecular flexibility index (Phi) is 6.19. The van der Waals surface area contributed by atoms with Crippen molar-refractivity contribution in [1.29, 1.82) is 0 Å². The lowest BCUT2D eigenvalue weighted by atomic mass is 9.87. The minimum atomic E-state index is -0.171. The van der Waals surface area contributed by atoms with Crippen LogP contribution in [0.5, 0.6) is 0 Å². The molecule has 6 nitrogen and oxygen atoms in total. The van der Waals surface area contributed by atoms with Gasteiger partial charge in [0.15, 0.2) is 0 Å². The van der Waals surface area contributed by atoms with E-state index in [9.17, 15) is 4.79 Å². The van der Waals surface area contributed by atoms with Crippen molar-refractivity contribution in [3.05, 3.63) is 57.7 Å². The molecule has 1 N–H and O–H groups in total. The Balaban J connectivity index is 1.79. The number of anilines is 1. The average Bonchev–Trinajstić information content (AvgIpc) is 3.00. The molecule has 0 atom stereocenters. The molecule has 0 saturated heterocycles. The Morgan fingerprint density at radius 2 is 1.90 bits per heavy atom. The molecular weight excluding hydrogens is 410 g/mol. The van der Waals surface area contributed by atoms with E-state index in [1.807, 2.05) is 51.1 Å². The quantitative estimate of drug-likeness (QED) is 0.559. The number of rotatable bonds is 5. The lowest BCUT2D eigenvalue weighted by Gasteiger charge is -2.26. The summed E-state index contributed by atoms with van der Waals surface area (Å²) in [4.78, 5) is 22.5. The summed E-state index contributed by atoms with van der Waals surface area (Å²) < 4.78 is 3.26. The van der Waals surface area contributed by atoms with Gasteiger partial charge in [0.2, 0.25) is 5.95 Å². The van der Waals surface area contributed by atoms with Crippen LogP contribution < -0.4 is 11.0 Å². The molecule has 0 radical (unpaired) electrons. The standard InChI is InChI=1S/C24H30ClN5O/c1-15(2)29-22(25)21(30(24(29)31)19-7-5-6-17(4)14-19)20-12-13-26-23(28-20)27-18-10-8-16(3)9-11-18/h5-7,12-16,18H,8-11H2,1-4H3,(H,26,27,28)/t16-,18-. The first kappa shape index (κ1) is 21.6. The molecule has 7 heteroatoms. The third-order valence-electron chi connectivity index (χ3n) is 6.05. The number of aromatic nitrogens is 4. The van der Waals surface area contributed by atoms with Crippen LogP contribution in [-0.4, -0.2) is 25.1 Å². The van der Waals surface area contributed by atoms with Crippen molar-refractivity contribution >= 4 is 17.5 Å². The summed E-state index contributed by atoms with van der Waals surface area (Å²) >= 11 is 6.78. The highest BCUT2D eigenvalue weighted by Crippen LogP contribution is 2.31. The van der Waals surface area contributed by atoms with Gasteiger partial charge in [0, 0.05) is 18.3 Å². The van der Waals surface area contributed by atoms with Crippen molar-refractivity contribution in [3.63, 3.8) is 0 Å². The van der Waals surface area contributed by atoms with Gasteiger partial charge in [0.05, 0.1) is 11.4 Å². The lowest BCUT2D eigenvalue weighted by molar-refractivity contribution is 0.360. The van der Waals surface area contributed by atoms with E-state index < -0.39 is 0 Å². The molecule has 0 aliphatic heterocycles. The van der Waals surface area contributed by atoms with E-state index in [1.165, 1.54) is 12.8 Å². The zero-order valence-corrected chi connectivity index (χ0v) is 19.4. The van der Waals surface area contributed by atoms with Crippen molar-refractivity contribution in [1.82, 2.24) is 19.1 Å². The number of hydrogen-bond donors (Lipinski definition) is 1. The summed E-state index contributed by atoms with van der Waals surface area (Å²) in [5.74, 6) is 1.36. The third-order valence-corrected chi connectivity index (χ3v) is 6.41. The van der Waals surface area contributed by atoms with E-state index in [4.69, 9.17) is 16.6 Å². The molecule has 0 amide bonds. The number of imidazole rings is 1. The zero-order chi connectivity index (χ0) is 22.1. The Labute approximate surface area is 188 Å². The number of aryl methyl sites for hydroxylation is 1. The van der Waals surface area contributed by atoms with E-state index in [0.29, 0.717) is 28.5 Å². The molecule has 1 saturated carbocycles. The number of nitrogens with one attached hydrogen (secondary N) is 1. The molecule has 4 rings (SSSR count). The molecule has 2 aromatic heterocycles. The number of benzene rings is 1. The predicted molar refractivity (Wildman–Crippen MR) is 126 cm³/mol. The van der Waals surface area contributed by atoms with E-state index in [-0.39, 0.29) is 11.7 Å². The van der Waals surface area contributed by atoms with Crippen LogP contribution in [0.2, 0.25) is 5.15 Å². The van der Waals surface area contributed by atoms with Crippen LogP contribution in [0.25, 0.3) is 17.1 Å². The minimum Gasteiger partial charge on any atom is -0.351 e. The van der Waals surface area contributed by atoms with Gasteiger partial charge >= 0.3 is 5.69 Å². The Morgan fingerprint density at radius 1 is 1.16 bits per heavy atom. The van der Waals surface area contributed by atoms with E-state index >= 15 is 0 Å². The molecule has 1 aliphatic rings. The fourth-order valence-corrected chi connectivity index (χ4v) is 4.76.